The third-order valence-corrected chi connectivity index (χ3v) is 6.03. The Kier molecular flexibility index (Phi) is 7.22. The fourth-order valence-electron chi connectivity index (χ4n) is 3.13. The highest BCUT2D eigenvalue weighted by molar-refractivity contribution is 7.99. The minimum Gasteiger partial charge on any atom is -0.363 e. The molecule has 0 amide bonds. The molecule has 0 unspecified atom stereocenters. The van der Waals surface area contributed by atoms with Crippen LogP contribution in [0.15, 0.2) is 50.3 Å². The van der Waals surface area contributed by atoms with Gasteiger partial charge in [0.25, 0.3) is 0 Å². The number of fused-ring (bicyclic) bond motifs is 1. The number of carbonyl (C=O) groups excluding carboxylic acids is 1. The average molecular weight is 434 g/mol. The quantitative estimate of drug-likeness (QED) is 0.237. The number of aryl methyl sites for hydroxylation is 1. The Morgan fingerprint density at radius 1 is 1.45 bits per heavy atom. The monoisotopic (exact) mass is 433 g/mol. The summed E-state index contributed by atoms with van der Waals surface area (Å²) >= 11 is 7.63. The second-order valence-corrected chi connectivity index (χ2v) is 7.75. The van der Waals surface area contributed by atoms with Crippen LogP contribution in [0, 0.1) is 5.82 Å². The number of nitrogens with one attached hydrogen (secondary N) is 1. The van der Waals surface area contributed by atoms with E-state index in [9.17, 15) is 9.18 Å². The van der Waals surface area contributed by atoms with Crippen molar-refractivity contribution in [3.05, 3.63) is 57.9 Å². The molecule has 1 aliphatic rings. The van der Waals surface area contributed by atoms with Crippen LogP contribution in [-0.2, 0) is 24.2 Å². The molecule has 3 rings (SSSR count). The first-order valence-electron chi connectivity index (χ1n) is 9.16. The van der Waals surface area contributed by atoms with Crippen molar-refractivity contribution >= 4 is 35.9 Å². The molecule has 0 aliphatic carbocycles. The van der Waals surface area contributed by atoms with Crippen LogP contribution in [0.2, 0.25) is 0 Å². The summed E-state index contributed by atoms with van der Waals surface area (Å²) in [5.74, 6) is -0.235. The molecule has 1 aromatic carbocycles. The SMILES string of the molecule is CCc1cc(F)ccc1Sc1ncnc2c1CCN(C(/C=N\NC)=C(\Cl)C=O)C2. The molecular weight excluding hydrogens is 413 g/mol. The van der Waals surface area contributed by atoms with Crippen molar-refractivity contribution in [3.63, 3.8) is 0 Å². The van der Waals surface area contributed by atoms with E-state index in [1.165, 1.54) is 30.4 Å². The van der Waals surface area contributed by atoms with Crippen molar-refractivity contribution in [2.45, 2.75) is 36.2 Å². The van der Waals surface area contributed by atoms with Crippen LogP contribution in [0.25, 0.3) is 0 Å². The van der Waals surface area contributed by atoms with Gasteiger partial charge in [-0.05, 0) is 36.6 Å². The molecule has 29 heavy (non-hydrogen) atoms. The fourth-order valence-corrected chi connectivity index (χ4v) is 4.42. The van der Waals surface area contributed by atoms with Crippen molar-refractivity contribution in [2.75, 3.05) is 13.6 Å². The maximum Gasteiger partial charge on any atom is 0.163 e. The first-order valence-corrected chi connectivity index (χ1v) is 10.4. The molecule has 0 spiro atoms. The number of hydrazone groups is 1. The highest BCUT2D eigenvalue weighted by Crippen LogP contribution is 2.35. The zero-order chi connectivity index (χ0) is 20.8. The highest BCUT2D eigenvalue weighted by atomic mass is 35.5. The molecule has 0 fully saturated rings. The van der Waals surface area contributed by atoms with Gasteiger partial charge in [0.2, 0.25) is 0 Å². The van der Waals surface area contributed by atoms with Crippen LogP contribution in [0.3, 0.4) is 0 Å². The number of hydrogen-bond donors (Lipinski definition) is 1. The van der Waals surface area contributed by atoms with Gasteiger partial charge in [0, 0.05) is 24.1 Å². The number of halogens is 2. The highest BCUT2D eigenvalue weighted by Gasteiger charge is 2.24. The summed E-state index contributed by atoms with van der Waals surface area (Å²) in [6, 6.07) is 4.83. The molecule has 9 heteroatoms. The van der Waals surface area contributed by atoms with Gasteiger partial charge >= 0.3 is 0 Å². The van der Waals surface area contributed by atoms with Crippen molar-refractivity contribution in [2.24, 2.45) is 5.10 Å². The van der Waals surface area contributed by atoms with Gasteiger partial charge < -0.3 is 10.3 Å². The Bertz CT molecular complexity index is 966. The van der Waals surface area contributed by atoms with Gasteiger partial charge in [-0.25, -0.2) is 14.4 Å². The van der Waals surface area contributed by atoms with E-state index in [1.807, 2.05) is 11.8 Å². The number of benzene rings is 1. The maximum absolute atomic E-state index is 13.6. The van der Waals surface area contributed by atoms with Crippen LogP contribution >= 0.6 is 23.4 Å². The Morgan fingerprint density at radius 3 is 3.00 bits per heavy atom. The van der Waals surface area contributed by atoms with Crippen molar-refractivity contribution in [1.29, 1.82) is 0 Å². The van der Waals surface area contributed by atoms with Crippen LogP contribution in [0.1, 0.15) is 23.7 Å². The molecule has 1 N–H and O–H groups in total. The number of aldehydes is 1. The summed E-state index contributed by atoms with van der Waals surface area (Å²) in [7, 11) is 1.67. The zero-order valence-electron chi connectivity index (χ0n) is 16.2. The minimum absolute atomic E-state index is 0.0926. The molecule has 152 valence electrons. The summed E-state index contributed by atoms with van der Waals surface area (Å²) < 4.78 is 13.6. The Balaban J connectivity index is 1.89. The van der Waals surface area contributed by atoms with Gasteiger partial charge in [-0.3, -0.25) is 4.79 Å². The van der Waals surface area contributed by atoms with Gasteiger partial charge in [-0.15, -0.1) is 0 Å². The van der Waals surface area contributed by atoms with Gasteiger partial charge in [0.1, 0.15) is 22.2 Å². The zero-order valence-corrected chi connectivity index (χ0v) is 17.7. The molecule has 1 aromatic heterocycles. The van der Waals surface area contributed by atoms with E-state index in [2.05, 4.69) is 20.5 Å². The number of allylic oxidation sites excluding steroid dienone is 2. The van der Waals surface area contributed by atoms with Crippen LogP contribution < -0.4 is 5.43 Å². The number of carbonyl (C=O) groups is 1. The second-order valence-electron chi connectivity index (χ2n) is 6.32. The third-order valence-electron chi connectivity index (χ3n) is 4.58. The molecule has 0 radical (unpaired) electrons. The molecule has 0 atom stereocenters. The van der Waals surface area contributed by atoms with Gasteiger partial charge in [-0.2, -0.15) is 5.10 Å². The summed E-state index contributed by atoms with van der Waals surface area (Å²) in [6.45, 7) is 3.14. The Labute approximate surface area is 178 Å². The Hall–Kier alpha value is -2.45. The summed E-state index contributed by atoms with van der Waals surface area (Å²) in [5, 5.41) is 4.95. The summed E-state index contributed by atoms with van der Waals surface area (Å²) in [5.41, 5.74) is 6.09. The predicted octanol–water partition coefficient (Wildman–Crippen LogP) is 3.54. The molecule has 2 heterocycles. The van der Waals surface area contributed by atoms with Crippen molar-refractivity contribution in [1.82, 2.24) is 20.3 Å². The lowest BCUT2D eigenvalue weighted by Crippen LogP contribution is -2.32. The second kappa shape index (κ2) is 9.84. The molecule has 0 bridgehead atoms. The van der Waals surface area contributed by atoms with Gasteiger partial charge in [-0.1, -0.05) is 30.3 Å². The third kappa shape index (κ3) is 4.94. The summed E-state index contributed by atoms with van der Waals surface area (Å²) in [6.07, 6.45) is 5.11. The van der Waals surface area contributed by atoms with Gasteiger partial charge in [0.15, 0.2) is 6.29 Å². The topological polar surface area (TPSA) is 70.5 Å². The number of aromatic nitrogens is 2. The van der Waals surface area contributed by atoms with E-state index in [1.54, 1.807) is 19.2 Å². The molecule has 0 saturated carbocycles. The number of rotatable bonds is 7. The fraction of sp³-hybridized carbons (Fsp3) is 0.300. The summed E-state index contributed by atoms with van der Waals surface area (Å²) in [4.78, 5) is 23.0. The molecule has 2 aromatic rings. The molecule has 0 saturated heterocycles. The molecule has 6 nitrogen and oxygen atoms in total. The van der Waals surface area contributed by atoms with Crippen molar-refractivity contribution in [3.8, 4) is 0 Å². The van der Waals surface area contributed by atoms with Crippen LogP contribution in [-0.4, -0.2) is 41.0 Å². The molecule has 1 aliphatic heterocycles. The smallest absolute Gasteiger partial charge is 0.163 e. The first kappa shape index (κ1) is 21.3. The van der Waals surface area contributed by atoms with E-state index >= 15 is 0 Å². The van der Waals surface area contributed by atoms with E-state index in [4.69, 9.17) is 11.6 Å². The van der Waals surface area contributed by atoms with Gasteiger partial charge in [0.05, 0.1) is 24.2 Å². The van der Waals surface area contributed by atoms with E-state index in [-0.39, 0.29) is 10.8 Å². The van der Waals surface area contributed by atoms with E-state index < -0.39 is 0 Å². The normalized spacial score (nSPS) is 14.6. The minimum atomic E-state index is -0.235. The van der Waals surface area contributed by atoms with Crippen LogP contribution in [0.4, 0.5) is 4.39 Å². The largest absolute Gasteiger partial charge is 0.363 e. The standard InChI is InChI=1S/C20H21ClFN5OS/c1-3-13-8-14(22)4-5-19(13)29-20-15-6-7-27(10-17(15)24-12-25-20)18(9-26-23-2)16(21)11-28/h4-5,8-9,11-12,23H,3,6-7,10H2,1-2H3/b18-16-,26-9-. The van der Waals surface area contributed by atoms with Crippen LogP contribution in [0.5, 0.6) is 0 Å². The van der Waals surface area contributed by atoms with E-state index in [0.717, 1.165) is 33.2 Å². The predicted molar refractivity (Wildman–Crippen MR) is 113 cm³/mol. The average Bonchev–Trinajstić information content (AvgIpc) is 2.74. The number of hydrogen-bond acceptors (Lipinski definition) is 7. The molecular formula is C20H21ClFN5OS. The lowest BCUT2D eigenvalue weighted by Gasteiger charge is -2.31. The Morgan fingerprint density at radius 2 is 2.28 bits per heavy atom. The first-order chi connectivity index (χ1) is 14.1. The lowest BCUT2D eigenvalue weighted by molar-refractivity contribution is -0.104. The van der Waals surface area contributed by atoms with Crippen molar-refractivity contribution < 1.29 is 9.18 Å². The number of nitrogens with zero attached hydrogens (tertiary/aromatic N) is 4. The van der Waals surface area contributed by atoms with E-state index in [0.29, 0.717) is 31.5 Å². The lowest BCUT2D eigenvalue weighted by atomic mass is 10.1. The maximum atomic E-state index is 13.6.